The van der Waals surface area contributed by atoms with Crippen molar-refractivity contribution < 1.29 is 0 Å². The lowest BCUT2D eigenvalue weighted by Gasteiger charge is -2.23. The molecule has 1 N–H and O–H groups in total. The summed E-state index contributed by atoms with van der Waals surface area (Å²) in [5, 5.41) is 15.9. The summed E-state index contributed by atoms with van der Waals surface area (Å²) in [7, 11) is 0. The molecular weight excluding hydrogens is 268 g/mol. The predicted molar refractivity (Wildman–Crippen MR) is 81.9 cm³/mol. The molecule has 0 saturated carbocycles. The molecule has 1 aliphatic heterocycles. The zero-order valence-electron chi connectivity index (χ0n) is 11.3. The van der Waals surface area contributed by atoms with Crippen molar-refractivity contribution in [2.75, 3.05) is 6.54 Å². The second kappa shape index (κ2) is 4.68. The lowest BCUT2D eigenvalue weighted by molar-refractivity contribution is 0.407. The first-order valence-corrected chi connectivity index (χ1v) is 7.89. The zero-order chi connectivity index (χ0) is 13.5. The number of benzene rings is 1. The molecule has 102 valence electrons. The van der Waals surface area contributed by atoms with E-state index < -0.39 is 0 Å². The van der Waals surface area contributed by atoms with E-state index in [1.54, 1.807) is 11.3 Å². The predicted octanol–water partition coefficient (Wildman–Crippen LogP) is 3.21. The SMILES string of the molecule is CCC1NCCn2c(-c3csc4ccccc34)nnc21. The van der Waals surface area contributed by atoms with Crippen LogP contribution in [0, 0.1) is 0 Å². The minimum absolute atomic E-state index is 0.329. The first kappa shape index (κ1) is 12.1. The second-order valence-corrected chi connectivity index (χ2v) is 6.01. The van der Waals surface area contributed by atoms with Gasteiger partial charge in [-0.1, -0.05) is 25.1 Å². The smallest absolute Gasteiger partial charge is 0.165 e. The van der Waals surface area contributed by atoms with Crippen LogP contribution in [0.5, 0.6) is 0 Å². The summed E-state index contributed by atoms with van der Waals surface area (Å²) in [6.07, 6.45) is 1.04. The van der Waals surface area contributed by atoms with Gasteiger partial charge >= 0.3 is 0 Å². The molecule has 0 saturated heterocycles. The van der Waals surface area contributed by atoms with Crippen molar-refractivity contribution in [2.24, 2.45) is 0 Å². The van der Waals surface area contributed by atoms with Crippen molar-refractivity contribution in [1.82, 2.24) is 20.1 Å². The summed E-state index contributed by atoms with van der Waals surface area (Å²) in [6.45, 7) is 4.11. The van der Waals surface area contributed by atoms with E-state index in [4.69, 9.17) is 0 Å². The molecule has 0 amide bonds. The maximum absolute atomic E-state index is 4.47. The molecule has 3 heterocycles. The van der Waals surface area contributed by atoms with Gasteiger partial charge in [0, 0.05) is 34.1 Å². The first-order valence-electron chi connectivity index (χ1n) is 7.01. The third-order valence-electron chi connectivity index (χ3n) is 3.95. The van der Waals surface area contributed by atoms with Crippen molar-refractivity contribution in [3.63, 3.8) is 0 Å². The highest BCUT2D eigenvalue weighted by Gasteiger charge is 2.24. The number of nitrogens with zero attached hydrogens (tertiary/aromatic N) is 3. The molecule has 1 aromatic carbocycles. The maximum Gasteiger partial charge on any atom is 0.165 e. The molecule has 20 heavy (non-hydrogen) atoms. The maximum atomic E-state index is 4.47. The van der Waals surface area contributed by atoms with E-state index in [1.807, 2.05) is 0 Å². The van der Waals surface area contributed by atoms with E-state index in [-0.39, 0.29) is 0 Å². The van der Waals surface area contributed by atoms with Gasteiger partial charge in [0.25, 0.3) is 0 Å². The fourth-order valence-corrected chi connectivity index (χ4v) is 3.85. The van der Waals surface area contributed by atoms with Crippen LogP contribution in [0.2, 0.25) is 0 Å². The Labute approximate surface area is 121 Å². The Morgan fingerprint density at radius 3 is 3.15 bits per heavy atom. The Hall–Kier alpha value is -1.72. The Balaban J connectivity index is 1.89. The van der Waals surface area contributed by atoms with Crippen LogP contribution in [0.1, 0.15) is 25.2 Å². The normalized spacial score (nSPS) is 18.4. The fourth-order valence-electron chi connectivity index (χ4n) is 2.91. The minimum Gasteiger partial charge on any atom is -0.308 e. The molecule has 3 aromatic rings. The highest BCUT2D eigenvalue weighted by Crippen LogP contribution is 2.34. The van der Waals surface area contributed by atoms with Crippen LogP contribution < -0.4 is 5.32 Å². The first-order chi connectivity index (χ1) is 9.88. The van der Waals surface area contributed by atoms with Crippen LogP contribution in [0.15, 0.2) is 29.6 Å². The van der Waals surface area contributed by atoms with Gasteiger partial charge in [-0.3, -0.25) is 0 Å². The summed E-state index contributed by atoms with van der Waals surface area (Å²) in [4.78, 5) is 0. The molecule has 4 nitrogen and oxygen atoms in total. The monoisotopic (exact) mass is 284 g/mol. The number of aromatic nitrogens is 3. The Bertz CT molecular complexity index is 758. The van der Waals surface area contributed by atoms with Gasteiger partial charge in [-0.05, 0) is 12.5 Å². The minimum atomic E-state index is 0.329. The summed E-state index contributed by atoms with van der Waals surface area (Å²) in [5.74, 6) is 2.08. The highest BCUT2D eigenvalue weighted by molar-refractivity contribution is 7.17. The molecule has 5 heteroatoms. The molecule has 4 rings (SSSR count). The Morgan fingerprint density at radius 1 is 1.35 bits per heavy atom. The number of rotatable bonds is 2. The third-order valence-corrected chi connectivity index (χ3v) is 4.91. The van der Waals surface area contributed by atoms with Gasteiger partial charge in [0.05, 0.1) is 6.04 Å². The van der Waals surface area contributed by atoms with Crippen LogP contribution in [0.3, 0.4) is 0 Å². The van der Waals surface area contributed by atoms with E-state index >= 15 is 0 Å². The van der Waals surface area contributed by atoms with Crippen LogP contribution in [-0.4, -0.2) is 21.3 Å². The molecule has 0 radical (unpaired) electrons. The summed E-state index contributed by atoms with van der Waals surface area (Å²) in [6, 6.07) is 8.82. The number of nitrogens with one attached hydrogen (secondary N) is 1. The number of hydrogen-bond donors (Lipinski definition) is 1. The summed E-state index contributed by atoms with van der Waals surface area (Å²) in [5.41, 5.74) is 1.21. The van der Waals surface area contributed by atoms with Gasteiger partial charge in [0.15, 0.2) is 11.6 Å². The van der Waals surface area contributed by atoms with E-state index in [9.17, 15) is 0 Å². The van der Waals surface area contributed by atoms with Crippen molar-refractivity contribution in [3.8, 4) is 11.4 Å². The van der Waals surface area contributed by atoms with E-state index in [0.717, 1.165) is 31.2 Å². The molecule has 0 aliphatic carbocycles. The average molecular weight is 284 g/mol. The molecule has 1 aliphatic rings. The lowest BCUT2D eigenvalue weighted by atomic mass is 10.1. The standard InChI is InChI=1S/C15H16N4S/c1-2-12-15-18-17-14(19(15)8-7-16-12)11-9-20-13-6-4-3-5-10(11)13/h3-6,9,12,16H,2,7-8H2,1H3. The molecular formula is C15H16N4S. The number of hydrogen-bond acceptors (Lipinski definition) is 4. The van der Waals surface area contributed by atoms with Crippen LogP contribution in [0.25, 0.3) is 21.5 Å². The molecule has 0 spiro atoms. The van der Waals surface area contributed by atoms with Crippen molar-refractivity contribution in [3.05, 3.63) is 35.5 Å². The topological polar surface area (TPSA) is 42.7 Å². The molecule has 1 atom stereocenters. The van der Waals surface area contributed by atoms with E-state index in [2.05, 4.69) is 56.7 Å². The second-order valence-electron chi connectivity index (χ2n) is 5.09. The summed E-state index contributed by atoms with van der Waals surface area (Å²) >= 11 is 1.77. The molecule has 2 aromatic heterocycles. The molecule has 0 fully saturated rings. The van der Waals surface area contributed by atoms with Crippen molar-refractivity contribution >= 4 is 21.4 Å². The van der Waals surface area contributed by atoms with Gasteiger partial charge in [-0.25, -0.2) is 0 Å². The Morgan fingerprint density at radius 2 is 2.25 bits per heavy atom. The van der Waals surface area contributed by atoms with Gasteiger partial charge in [0.1, 0.15) is 0 Å². The number of thiophene rings is 1. The van der Waals surface area contributed by atoms with Crippen molar-refractivity contribution in [2.45, 2.75) is 25.9 Å². The van der Waals surface area contributed by atoms with Gasteiger partial charge in [0.2, 0.25) is 0 Å². The van der Waals surface area contributed by atoms with Crippen LogP contribution >= 0.6 is 11.3 Å². The Kier molecular flexibility index (Phi) is 2.82. The van der Waals surface area contributed by atoms with E-state index in [0.29, 0.717) is 6.04 Å². The van der Waals surface area contributed by atoms with Gasteiger partial charge < -0.3 is 9.88 Å². The third kappa shape index (κ3) is 1.70. The highest BCUT2D eigenvalue weighted by atomic mass is 32.1. The fraction of sp³-hybridized carbons (Fsp3) is 0.333. The molecule has 0 bridgehead atoms. The molecule has 1 unspecified atom stereocenters. The van der Waals surface area contributed by atoms with Gasteiger partial charge in [-0.15, -0.1) is 21.5 Å². The van der Waals surface area contributed by atoms with Crippen LogP contribution in [0.4, 0.5) is 0 Å². The quantitative estimate of drug-likeness (QED) is 0.785. The number of fused-ring (bicyclic) bond motifs is 2. The van der Waals surface area contributed by atoms with Crippen molar-refractivity contribution in [1.29, 1.82) is 0 Å². The van der Waals surface area contributed by atoms with E-state index in [1.165, 1.54) is 15.6 Å². The van der Waals surface area contributed by atoms with Crippen LogP contribution in [-0.2, 0) is 6.54 Å². The van der Waals surface area contributed by atoms with Gasteiger partial charge in [-0.2, -0.15) is 0 Å². The lowest BCUT2D eigenvalue weighted by Crippen LogP contribution is -2.33. The zero-order valence-corrected chi connectivity index (χ0v) is 12.2. The average Bonchev–Trinajstić information content (AvgIpc) is 3.10. The summed E-state index contributed by atoms with van der Waals surface area (Å²) < 4.78 is 3.58. The largest absolute Gasteiger partial charge is 0.308 e.